The molecule has 148 valence electrons. The number of ether oxygens (including phenoxy) is 2. The molecule has 0 bridgehead atoms. The summed E-state index contributed by atoms with van der Waals surface area (Å²) < 4.78 is 49.0. The summed E-state index contributed by atoms with van der Waals surface area (Å²) in [4.78, 5) is 12.4. The Morgan fingerprint density at radius 1 is 1.00 bits per heavy atom. The van der Waals surface area contributed by atoms with Gasteiger partial charge in [-0.1, -0.05) is 19.8 Å². The molecule has 0 fully saturated rings. The number of nitrogens with one attached hydrogen (secondary N) is 1. The van der Waals surface area contributed by atoms with E-state index in [0.717, 1.165) is 31.9 Å². The van der Waals surface area contributed by atoms with E-state index in [1.54, 1.807) is 6.92 Å². The second-order valence-electron chi connectivity index (χ2n) is 5.90. The number of unbranched alkanes of at least 4 members (excludes halogenated alkanes) is 2. The molecule has 0 saturated heterocycles. The van der Waals surface area contributed by atoms with Gasteiger partial charge in [0, 0.05) is 6.54 Å². The number of hydrogen-bond donors (Lipinski definition) is 1. The smallest absolute Gasteiger partial charge is 0.433 e. The van der Waals surface area contributed by atoms with E-state index >= 15 is 0 Å². The summed E-state index contributed by atoms with van der Waals surface area (Å²) in [6.07, 6.45) is -1.38. The van der Waals surface area contributed by atoms with Crippen molar-refractivity contribution in [2.45, 2.75) is 39.3 Å². The number of pyridine rings is 1. The van der Waals surface area contributed by atoms with Crippen LogP contribution in [0.2, 0.25) is 0 Å². The van der Waals surface area contributed by atoms with Gasteiger partial charge in [0.25, 0.3) is 5.88 Å². The van der Waals surface area contributed by atoms with E-state index in [9.17, 15) is 13.2 Å². The summed E-state index contributed by atoms with van der Waals surface area (Å²) in [7, 11) is 2.72. The number of alkyl halides is 3. The average molecular weight is 384 g/mol. The van der Waals surface area contributed by atoms with Crippen molar-refractivity contribution in [3.8, 4) is 23.0 Å². The molecule has 0 amide bonds. The van der Waals surface area contributed by atoms with Crippen LogP contribution in [0, 0.1) is 6.92 Å². The van der Waals surface area contributed by atoms with Gasteiger partial charge >= 0.3 is 6.18 Å². The Bertz CT molecular complexity index is 782. The van der Waals surface area contributed by atoms with Crippen LogP contribution in [0.4, 0.5) is 19.0 Å². The van der Waals surface area contributed by atoms with Crippen LogP contribution in [0.15, 0.2) is 12.1 Å². The lowest BCUT2D eigenvalue weighted by Gasteiger charge is -2.15. The lowest BCUT2D eigenvalue weighted by Crippen LogP contribution is -2.10. The molecule has 0 spiro atoms. The van der Waals surface area contributed by atoms with Crippen LogP contribution in [-0.2, 0) is 6.18 Å². The minimum absolute atomic E-state index is 0.173. The first-order valence-electron chi connectivity index (χ1n) is 8.60. The third-order valence-electron chi connectivity index (χ3n) is 3.90. The first-order chi connectivity index (χ1) is 12.8. The van der Waals surface area contributed by atoms with Gasteiger partial charge in [-0.15, -0.1) is 0 Å². The third-order valence-corrected chi connectivity index (χ3v) is 3.90. The van der Waals surface area contributed by atoms with Gasteiger partial charge in [0.05, 0.1) is 25.5 Å². The number of rotatable bonds is 8. The highest BCUT2D eigenvalue weighted by Crippen LogP contribution is 2.36. The Labute approximate surface area is 156 Å². The summed E-state index contributed by atoms with van der Waals surface area (Å²) in [6.45, 7) is 4.56. The molecule has 1 N–H and O–H groups in total. The first-order valence-corrected chi connectivity index (χ1v) is 8.60. The van der Waals surface area contributed by atoms with Crippen molar-refractivity contribution in [2.24, 2.45) is 0 Å². The van der Waals surface area contributed by atoms with Gasteiger partial charge in [0.2, 0.25) is 5.88 Å². The monoisotopic (exact) mass is 384 g/mol. The highest BCUT2D eigenvalue weighted by atomic mass is 19.4. The van der Waals surface area contributed by atoms with Crippen molar-refractivity contribution >= 4 is 5.82 Å². The van der Waals surface area contributed by atoms with Crippen LogP contribution >= 0.6 is 0 Å². The molecule has 2 aromatic rings. The largest absolute Gasteiger partial charge is 0.480 e. The van der Waals surface area contributed by atoms with Crippen molar-refractivity contribution in [3.05, 3.63) is 23.5 Å². The van der Waals surface area contributed by atoms with Crippen LogP contribution < -0.4 is 14.8 Å². The maximum absolute atomic E-state index is 12.9. The molecule has 2 aromatic heterocycles. The van der Waals surface area contributed by atoms with Crippen LogP contribution in [0.1, 0.15) is 37.6 Å². The van der Waals surface area contributed by atoms with E-state index < -0.39 is 11.9 Å². The standard InChI is InChI=1S/C18H23F3N4O2/c1-5-6-7-10-22-15-17(27-4)25-14(11(2)23-15)12-8-9-13(18(19,20)21)24-16(12)26-3/h8-9H,5-7,10H2,1-4H3,(H,22,23). The van der Waals surface area contributed by atoms with Gasteiger partial charge < -0.3 is 14.8 Å². The van der Waals surface area contributed by atoms with E-state index in [0.29, 0.717) is 22.8 Å². The Kier molecular flexibility index (Phi) is 6.81. The van der Waals surface area contributed by atoms with Gasteiger partial charge in [0.1, 0.15) is 11.4 Å². The number of hydrogen-bond acceptors (Lipinski definition) is 6. The molecule has 0 aliphatic rings. The normalized spacial score (nSPS) is 11.4. The number of methoxy groups -OCH3 is 2. The minimum atomic E-state index is -4.56. The second kappa shape index (κ2) is 8.88. The SMILES string of the molecule is CCCCCNc1nc(C)c(-c2ccc(C(F)(F)F)nc2OC)nc1OC. The van der Waals surface area contributed by atoms with Gasteiger partial charge in [-0.05, 0) is 25.5 Å². The molecule has 0 aliphatic carbocycles. The van der Waals surface area contributed by atoms with Crippen molar-refractivity contribution in [2.75, 3.05) is 26.1 Å². The Hall–Kier alpha value is -2.58. The molecule has 0 radical (unpaired) electrons. The maximum Gasteiger partial charge on any atom is 0.433 e. The summed E-state index contributed by atoms with van der Waals surface area (Å²) >= 11 is 0. The topological polar surface area (TPSA) is 69.2 Å². The predicted octanol–water partition coefficient (Wildman–Crippen LogP) is 4.49. The molecule has 0 atom stereocenters. The zero-order valence-electron chi connectivity index (χ0n) is 15.8. The van der Waals surface area contributed by atoms with Crippen LogP contribution in [0.25, 0.3) is 11.3 Å². The highest BCUT2D eigenvalue weighted by molar-refractivity contribution is 5.69. The third kappa shape index (κ3) is 4.99. The fourth-order valence-electron chi connectivity index (χ4n) is 2.53. The minimum Gasteiger partial charge on any atom is -0.480 e. The van der Waals surface area contributed by atoms with Gasteiger partial charge in [-0.3, -0.25) is 0 Å². The van der Waals surface area contributed by atoms with E-state index in [4.69, 9.17) is 9.47 Å². The zero-order valence-corrected chi connectivity index (χ0v) is 15.8. The first kappa shape index (κ1) is 20.7. The average Bonchev–Trinajstić information content (AvgIpc) is 2.64. The van der Waals surface area contributed by atoms with Gasteiger partial charge in [0.15, 0.2) is 5.82 Å². The van der Waals surface area contributed by atoms with Gasteiger partial charge in [-0.25, -0.2) is 15.0 Å². The molecule has 0 aliphatic heterocycles. The summed E-state index contributed by atoms with van der Waals surface area (Å²) in [5.74, 6) is 0.579. The van der Waals surface area contributed by atoms with Crippen molar-refractivity contribution in [1.29, 1.82) is 0 Å². The number of halogens is 3. The molecule has 0 unspecified atom stereocenters. The number of aryl methyl sites for hydroxylation is 1. The van der Waals surface area contributed by atoms with Gasteiger partial charge in [-0.2, -0.15) is 13.2 Å². The molecule has 27 heavy (non-hydrogen) atoms. The predicted molar refractivity (Wildman–Crippen MR) is 96.1 cm³/mol. The second-order valence-corrected chi connectivity index (χ2v) is 5.90. The van der Waals surface area contributed by atoms with E-state index in [2.05, 4.69) is 27.2 Å². The van der Waals surface area contributed by atoms with Crippen LogP contribution in [0.5, 0.6) is 11.8 Å². The molecular formula is C18H23F3N4O2. The summed E-state index contributed by atoms with van der Waals surface area (Å²) in [6, 6.07) is 2.17. The quantitative estimate of drug-likeness (QED) is 0.677. The zero-order chi connectivity index (χ0) is 20.0. The summed E-state index contributed by atoms with van der Waals surface area (Å²) in [5.41, 5.74) is 0.152. The fraction of sp³-hybridized carbons (Fsp3) is 0.500. The fourth-order valence-corrected chi connectivity index (χ4v) is 2.53. The van der Waals surface area contributed by atoms with E-state index in [-0.39, 0.29) is 11.8 Å². The molecule has 6 nitrogen and oxygen atoms in total. The molecule has 2 rings (SSSR count). The lowest BCUT2D eigenvalue weighted by atomic mass is 10.1. The summed E-state index contributed by atoms with van der Waals surface area (Å²) in [5, 5.41) is 3.18. The number of anilines is 1. The lowest BCUT2D eigenvalue weighted by molar-refractivity contribution is -0.141. The van der Waals surface area contributed by atoms with Crippen LogP contribution in [0.3, 0.4) is 0 Å². The molecule has 2 heterocycles. The molecular weight excluding hydrogens is 361 g/mol. The Morgan fingerprint density at radius 2 is 1.70 bits per heavy atom. The Balaban J connectivity index is 2.41. The highest BCUT2D eigenvalue weighted by Gasteiger charge is 2.33. The Morgan fingerprint density at radius 3 is 2.30 bits per heavy atom. The number of nitrogens with zero attached hydrogens (tertiary/aromatic N) is 3. The number of aromatic nitrogens is 3. The molecule has 0 saturated carbocycles. The molecule has 9 heteroatoms. The van der Waals surface area contributed by atoms with Crippen molar-refractivity contribution < 1.29 is 22.6 Å². The maximum atomic E-state index is 12.9. The van der Waals surface area contributed by atoms with Crippen molar-refractivity contribution in [1.82, 2.24) is 15.0 Å². The van der Waals surface area contributed by atoms with Crippen LogP contribution in [-0.4, -0.2) is 35.7 Å². The van der Waals surface area contributed by atoms with Crippen molar-refractivity contribution in [3.63, 3.8) is 0 Å². The van der Waals surface area contributed by atoms with E-state index in [1.165, 1.54) is 20.3 Å². The van der Waals surface area contributed by atoms with E-state index in [1.807, 2.05) is 0 Å². The molecule has 0 aromatic carbocycles.